The summed E-state index contributed by atoms with van der Waals surface area (Å²) in [5, 5.41) is 0. The van der Waals surface area contributed by atoms with E-state index in [1.807, 2.05) is 30.3 Å². The molecule has 0 amide bonds. The Hall–Kier alpha value is -1.97. The third kappa shape index (κ3) is 2.06. The molecule has 1 heterocycles. The summed E-state index contributed by atoms with van der Waals surface area (Å²) in [5.41, 5.74) is 0.666. The lowest BCUT2D eigenvalue weighted by Gasteiger charge is -2.16. The summed E-state index contributed by atoms with van der Waals surface area (Å²) in [7, 11) is 0. The second-order valence-electron chi connectivity index (χ2n) is 4.19. The first-order valence-electron chi connectivity index (χ1n) is 5.64. The number of rotatable bonds is 3. The van der Waals surface area contributed by atoms with Gasteiger partial charge in [0.2, 0.25) is 0 Å². The van der Waals surface area contributed by atoms with Gasteiger partial charge in [0.05, 0.1) is 6.04 Å². The van der Waals surface area contributed by atoms with Gasteiger partial charge in [0.25, 0.3) is 0 Å². The topological polar surface area (TPSA) is 22.0 Å². The van der Waals surface area contributed by atoms with E-state index in [1.54, 1.807) is 6.92 Å². The van der Waals surface area contributed by atoms with Crippen molar-refractivity contribution < 1.29 is 13.6 Å². The van der Waals surface area contributed by atoms with Gasteiger partial charge < -0.3 is 4.57 Å². The first-order valence-corrected chi connectivity index (χ1v) is 5.64. The zero-order chi connectivity index (χ0) is 13.3. The molecular formula is C14H13F2NO. The molecule has 0 saturated carbocycles. The molecule has 1 atom stereocenters. The Labute approximate surface area is 104 Å². The number of Topliss-reactive ketones (excluding diaryl/α,β-unsaturated/α-hetero) is 1. The van der Waals surface area contributed by atoms with Crippen molar-refractivity contribution in [1.82, 2.24) is 4.57 Å². The van der Waals surface area contributed by atoms with E-state index in [1.165, 1.54) is 11.5 Å². The first-order chi connectivity index (χ1) is 8.52. The molecule has 2 nitrogen and oxygen atoms in total. The van der Waals surface area contributed by atoms with Gasteiger partial charge in [-0.15, -0.1) is 0 Å². The maximum absolute atomic E-state index is 13.5. The number of nitrogens with zero attached hydrogens (tertiary/aromatic N) is 1. The second-order valence-corrected chi connectivity index (χ2v) is 4.19. The van der Waals surface area contributed by atoms with Gasteiger partial charge in [0.15, 0.2) is 17.4 Å². The van der Waals surface area contributed by atoms with Crippen LogP contribution in [0.4, 0.5) is 8.78 Å². The molecular weight excluding hydrogens is 236 g/mol. The van der Waals surface area contributed by atoms with E-state index in [-0.39, 0.29) is 11.7 Å². The summed E-state index contributed by atoms with van der Waals surface area (Å²) in [6.07, 6.45) is 1.03. The normalized spacial score (nSPS) is 12.4. The Kier molecular flexibility index (Phi) is 3.28. The Balaban J connectivity index is 2.52. The molecule has 1 aromatic heterocycles. The van der Waals surface area contributed by atoms with Crippen molar-refractivity contribution >= 4 is 5.78 Å². The van der Waals surface area contributed by atoms with Crippen LogP contribution in [0.1, 0.15) is 35.9 Å². The van der Waals surface area contributed by atoms with Crippen LogP contribution in [0.5, 0.6) is 0 Å². The van der Waals surface area contributed by atoms with Crippen molar-refractivity contribution in [1.29, 1.82) is 0 Å². The molecule has 0 unspecified atom stereocenters. The average molecular weight is 249 g/mol. The fourth-order valence-electron chi connectivity index (χ4n) is 2.00. The maximum atomic E-state index is 13.5. The predicted octanol–water partition coefficient (Wildman–Crippen LogP) is 3.58. The Bertz CT molecular complexity index is 575. The molecule has 0 aliphatic heterocycles. The molecule has 0 aliphatic carbocycles. The van der Waals surface area contributed by atoms with Crippen LogP contribution in [0.3, 0.4) is 0 Å². The molecule has 0 N–H and O–H groups in total. The van der Waals surface area contributed by atoms with Crippen LogP contribution in [0.15, 0.2) is 36.5 Å². The fourth-order valence-corrected chi connectivity index (χ4v) is 2.00. The minimum absolute atomic E-state index is 0.219. The van der Waals surface area contributed by atoms with Crippen molar-refractivity contribution in [3.05, 3.63) is 59.4 Å². The van der Waals surface area contributed by atoms with Crippen molar-refractivity contribution in [3.8, 4) is 0 Å². The van der Waals surface area contributed by atoms with Gasteiger partial charge in [-0.25, -0.2) is 8.78 Å². The molecule has 0 aliphatic rings. The van der Waals surface area contributed by atoms with Crippen LogP contribution in [-0.2, 0) is 0 Å². The van der Waals surface area contributed by atoms with Gasteiger partial charge in [-0.2, -0.15) is 0 Å². The molecule has 0 saturated heterocycles. The summed E-state index contributed by atoms with van der Waals surface area (Å²) < 4.78 is 28.2. The quantitative estimate of drug-likeness (QED) is 0.762. The zero-order valence-electron chi connectivity index (χ0n) is 10.2. The maximum Gasteiger partial charge on any atom is 0.187 e. The second kappa shape index (κ2) is 4.72. The monoisotopic (exact) mass is 249 g/mol. The Morgan fingerprint density at radius 1 is 1.22 bits per heavy atom. The van der Waals surface area contributed by atoms with Crippen LogP contribution < -0.4 is 0 Å². The van der Waals surface area contributed by atoms with Crippen LogP contribution >= 0.6 is 0 Å². The molecule has 4 heteroatoms. The number of carbonyl (C=O) groups is 1. The van der Waals surface area contributed by atoms with Crippen LogP contribution in [0.2, 0.25) is 0 Å². The Morgan fingerprint density at radius 2 is 1.83 bits per heavy atom. The summed E-state index contributed by atoms with van der Waals surface area (Å²) in [6.45, 7) is 3.02. The summed E-state index contributed by atoms with van der Waals surface area (Å²) >= 11 is 0. The van der Waals surface area contributed by atoms with E-state index in [0.717, 1.165) is 11.8 Å². The van der Waals surface area contributed by atoms with E-state index in [9.17, 15) is 13.6 Å². The van der Waals surface area contributed by atoms with E-state index in [0.29, 0.717) is 0 Å². The fraction of sp³-hybridized carbons (Fsp3) is 0.214. The molecule has 0 fully saturated rings. The Morgan fingerprint density at radius 3 is 2.39 bits per heavy atom. The first kappa shape index (κ1) is 12.5. The molecule has 2 rings (SSSR count). The standard InChI is InChI=1S/C14H13F2NO/c1-9(11-6-4-3-5-7-11)17-8-12(15)13(16)14(17)10(2)18/h3-9H,1-2H3/t9-/m1/s1. The van der Waals surface area contributed by atoms with Crippen LogP contribution in [0.25, 0.3) is 0 Å². The third-order valence-electron chi connectivity index (χ3n) is 2.96. The number of hydrogen-bond acceptors (Lipinski definition) is 1. The van der Waals surface area contributed by atoms with E-state index < -0.39 is 17.4 Å². The van der Waals surface area contributed by atoms with Gasteiger partial charge in [0.1, 0.15) is 5.69 Å². The molecule has 18 heavy (non-hydrogen) atoms. The van der Waals surface area contributed by atoms with E-state index in [2.05, 4.69) is 0 Å². The largest absolute Gasteiger partial charge is 0.332 e. The van der Waals surface area contributed by atoms with E-state index >= 15 is 0 Å². The van der Waals surface area contributed by atoms with Gasteiger partial charge in [-0.05, 0) is 12.5 Å². The zero-order valence-corrected chi connectivity index (χ0v) is 10.2. The van der Waals surface area contributed by atoms with Gasteiger partial charge in [-0.1, -0.05) is 30.3 Å². The lowest BCUT2D eigenvalue weighted by atomic mass is 10.1. The van der Waals surface area contributed by atoms with Crippen molar-refractivity contribution in [2.75, 3.05) is 0 Å². The smallest absolute Gasteiger partial charge is 0.187 e. The minimum Gasteiger partial charge on any atom is -0.332 e. The predicted molar refractivity (Wildman–Crippen MR) is 64.6 cm³/mol. The molecule has 94 valence electrons. The summed E-state index contributed by atoms with van der Waals surface area (Å²) in [4.78, 5) is 11.4. The molecule has 2 aromatic rings. The minimum atomic E-state index is -1.08. The van der Waals surface area contributed by atoms with Crippen molar-refractivity contribution in [2.45, 2.75) is 19.9 Å². The number of ketones is 1. The lowest BCUT2D eigenvalue weighted by molar-refractivity contribution is 0.0999. The highest BCUT2D eigenvalue weighted by atomic mass is 19.2. The highest BCUT2D eigenvalue weighted by Gasteiger charge is 2.22. The lowest BCUT2D eigenvalue weighted by Crippen LogP contribution is -2.12. The van der Waals surface area contributed by atoms with E-state index in [4.69, 9.17) is 0 Å². The highest BCUT2D eigenvalue weighted by Crippen LogP contribution is 2.24. The number of carbonyl (C=O) groups excluding carboxylic acids is 1. The molecule has 0 bridgehead atoms. The number of halogens is 2. The molecule has 1 aromatic carbocycles. The van der Waals surface area contributed by atoms with Crippen LogP contribution in [-0.4, -0.2) is 10.4 Å². The van der Waals surface area contributed by atoms with Gasteiger partial charge in [0, 0.05) is 13.1 Å². The number of aromatic nitrogens is 1. The SMILES string of the molecule is CC(=O)c1c(F)c(F)cn1[C@H](C)c1ccccc1. The molecule has 0 radical (unpaired) electrons. The highest BCUT2D eigenvalue weighted by molar-refractivity contribution is 5.93. The summed E-state index contributed by atoms with van der Waals surface area (Å²) in [6, 6.07) is 8.95. The number of benzene rings is 1. The number of hydrogen-bond donors (Lipinski definition) is 0. The third-order valence-corrected chi connectivity index (χ3v) is 2.96. The van der Waals surface area contributed by atoms with Gasteiger partial charge in [-0.3, -0.25) is 4.79 Å². The molecule has 0 spiro atoms. The van der Waals surface area contributed by atoms with Crippen molar-refractivity contribution in [3.63, 3.8) is 0 Å². The van der Waals surface area contributed by atoms with Crippen molar-refractivity contribution in [2.24, 2.45) is 0 Å². The average Bonchev–Trinajstić information content (AvgIpc) is 2.66. The van der Waals surface area contributed by atoms with Gasteiger partial charge >= 0.3 is 0 Å². The van der Waals surface area contributed by atoms with Crippen LogP contribution in [0, 0.1) is 11.6 Å². The summed E-state index contributed by atoms with van der Waals surface area (Å²) in [5.74, 6) is -2.56.